The minimum absolute atomic E-state index is 0.186. The zero-order chi connectivity index (χ0) is 13.8. The Kier molecular flexibility index (Phi) is 4.22. The van der Waals surface area contributed by atoms with Gasteiger partial charge in [-0.25, -0.2) is 4.98 Å². The van der Waals surface area contributed by atoms with Crippen molar-refractivity contribution in [2.75, 3.05) is 7.11 Å². The van der Waals surface area contributed by atoms with E-state index in [4.69, 9.17) is 21.1 Å². The number of benzene rings is 1. The zero-order valence-corrected chi connectivity index (χ0v) is 11.8. The summed E-state index contributed by atoms with van der Waals surface area (Å²) in [5.41, 5.74) is 0. The predicted octanol–water partition coefficient (Wildman–Crippen LogP) is 4.05. The fraction of sp³-hybridized carbons (Fsp3) is 0.286. The molecule has 100 valence electrons. The van der Waals surface area contributed by atoms with Crippen molar-refractivity contribution in [2.24, 2.45) is 0 Å². The lowest BCUT2D eigenvalue weighted by Gasteiger charge is -2.09. The van der Waals surface area contributed by atoms with Gasteiger partial charge in [-0.05, 0) is 12.1 Å². The van der Waals surface area contributed by atoms with Gasteiger partial charge >= 0.3 is 0 Å². The zero-order valence-electron chi connectivity index (χ0n) is 11.1. The summed E-state index contributed by atoms with van der Waals surface area (Å²) in [5.74, 6) is 2.64. The topological polar surface area (TPSA) is 44.2 Å². The maximum Gasteiger partial charge on any atom is 0.224 e. The number of ether oxygens (including phenoxy) is 2. The molecule has 4 nitrogen and oxygen atoms in total. The van der Waals surface area contributed by atoms with E-state index in [1.807, 2.05) is 32.0 Å². The molecule has 0 unspecified atom stereocenters. The van der Waals surface area contributed by atoms with E-state index in [1.54, 1.807) is 19.2 Å². The number of aromatic nitrogens is 2. The molecular weight excluding hydrogens is 264 g/mol. The van der Waals surface area contributed by atoms with Crippen LogP contribution in [0.5, 0.6) is 17.4 Å². The molecule has 0 aliphatic rings. The summed E-state index contributed by atoms with van der Waals surface area (Å²) in [6.07, 6.45) is 0. The van der Waals surface area contributed by atoms with Crippen LogP contribution in [0.1, 0.15) is 25.6 Å². The molecule has 0 N–H and O–H groups in total. The number of hydrogen-bond donors (Lipinski definition) is 0. The second kappa shape index (κ2) is 5.89. The van der Waals surface area contributed by atoms with Crippen LogP contribution < -0.4 is 9.47 Å². The van der Waals surface area contributed by atoms with Gasteiger partial charge in [-0.3, -0.25) is 0 Å². The SMILES string of the molecule is COc1cccc(Oc2cc(Cl)nc(C(C)C)n2)c1. The molecule has 0 amide bonds. The van der Waals surface area contributed by atoms with Crippen molar-refractivity contribution in [3.63, 3.8) is 0 Å². The van der Waals surface area contributed by atoms with Gasteiger partial charge in [-0.2, -0.15) is 4.98 Å². The lowest BCUT2D eigenvalue weighted by atomic mass is 10.2. The van der Waals surface area contributed by atoms with E-state index in [2.05, 4.69) is 9.97 Å². The smallest absolute Gasteiger partial charge is 0.224 e. The first-order valence-electron chi connectivity index (χ1n) is 5.95. The summed E-state index contributed by atoms with van der Waals surface area (Å²) < 4.78 is 10.8. The van der Waals surface area contributed by atoms with Gasteiger partial charge < -0.3 is 9.47 Å². The highest BCUT2D eigenvalue weighted by Crippen LogP contribution is 2.26. The minimum Gasteiger partial charge on any atom is -0.497 e. The van der Waals surface area contributed by atoms with Gasteiger partial charge in [-0.1, -0.05) is 31.5 Å². The summed E-state index contributed by atoms with van der Waals surface area (Å²) in [6, 6.07) is 8.89. The van der Waals surface area contributed by atoms with Crippen molar-refractivity contribution in [2.45, 2.75) is 19.8 Å². The molecule has 0 aliphatic carbocycles. The molecule has 0 saturated carbocycles. The van der Waals surface area contributed by atoms with Crippen molar-refractivity contribution < 1.29 is 9.47 Å². The molecule has 2 aromatic rings. The summed E-state index contributed by atoms with van der Waals surface area (Å²) >= 11 is 5.96. The van der Waals surface area contributed by atoms with Crippen LogP contribution in [0, 0.1) is 0 Å². The van der Waals surface area contributed by atoms with Gasteiger partial charge in [-0.15, -0.1) is 0 Å². The molecule has 5 heteroatoms. The molecule has 0 bridgehead atoms. The number of nitrogens with zero attached hydrogens (tertiary/aromatic N) is 2. The van der Waals surface area contributed by atoms with Crippen LogP contribution in [0.15, 0.2) is 30.3 Å². The first kappa shape index (κ1) is 13.6. The number of halogens is 1. The van der Waals surface area contributed by atoms with Crippen molar-refractivity contribution in [1.29, 1.82) is 0 Å². The third-order valence-electron chi connectivity index (χ3n) is 2.47. The summed E-state index contributed by atoms with van der Waals surface area (Å²) in [6.45, 7) is 4.00. The lowest BCUT2D eigenvalue weighted by Crippen LogP contribution is -1.99. The van der Waals surface area contributed by atoms with Gasteiger partial charge in [0.25, 0.3) is 0 Å². The summed E-state index contributed by atoms with van der Waals surface area (Å²) in [7, 11) is 1.61. The minimum atomic E-state index is 0.186. The van der Waals surface area contributed by atoms with Crippen LogP contribution in [0.3, 0.4) is 0 Å². The monoisotopic (exact) mass is 278 g/mol. The van der Waals surface area contributed by atoms with E-state index in [0.717, 1.165) is 5.75 Å². The third kappa shape index (κ3) is 3.58. The van der Waals surface area contributed by atoms with Crippen molar-refractivity contribution in [1.82, 2.24) is 9.97 Å². The summed E-state index contributed by atoms with van der Waals surface area (Å²) in [4.78, 5) is 8.48. The highest BCUT2D eigenvalue weighted by molar-refractivity contribution is 6.29. The Labute approximate surface area is 117 Å². The molecule has 0 atom stereocenters. The van der Waals surface area contributed by atoms with Gasteiger partial charge in [0.2, 0.25) is 5.88 Å². The second-order valence-electron chi connectivity index (χ2n) is 4.32. The average molecular weight is 279 g/mol. The van der Waals surface area contributed by atoms with Crippen molar-refractivity contribution >= 4 is 11.6 Å². The van der Waals surface area contributed by atoms with E-state index in [9.17, 15) is 0 Å². The van der Waals surface area contributed by atoms with Gasteiger partial charge in [0, 0.05) is 18.1 Å². The van der Waals surface area contributed by atoms with Crippen LogP contribution in [0.25, 0.3) is 0 Å². The van der Waals surface area contributed by atoms with Gasteiger partial charge in [0.05, 0.1) is 7.11 Å². The van der Waals surface area contributed by atoms with Crippen molar-refractivity contribution in [3.05, 3.63) is 41.3 Å². The quantitative estimate of drug-likeness (QED) is 0.791. The highest BCUT2D eigenvalue weighted by Gasteiger charge is 2.09. The molecule has 0 spiro atoms. The first-order chi connectivity index (χ1) is 9.08. The molecule has 0 saturated heterocycles. The maximum atomic E-state index is 5.96. The fourth-order valence-electron chi connectivity index (χ4n) is 1.51. The molecule has 1 aromatic carbocycles. The van der Waals surface area contributed by atoms with Crippen LogP contribution in [0.2, 0.25) is 5.15 Å². The van der Waals surface area contributed by atoms with Crippen LogP contribution >= 0.6 is 11.6 Å². The Balaban J connectivity index is 2.27. The lowest BCUT2D eigenvalue weighted by molar-refractivity contribution is 0.407. The third-order valence-corrected chi connectivity index (χ3v) is 2.66. The normalized spacial score (nSPS) is 10.6. The van der Waals surface area contributed by atoms with E-state index in [0.29, 0.717) is 22.6 Å². The van der Waals surface area contributed by atoms with E-state index >= 15 is 0 Å². The van der Waals surface area contributed by atoms with E-state index < -0.39 is 0 Å². The molecule has 2 rings (SSSR count). The van der Waals surface area contributed by atoms with Gasteiger partial charge in [0.1, 0.15) is 22.5 Å². The Hall–Kier alpha value is -1.81. The van der Waals surface area contributed by atoms with Crippen LogP contribution in [0.4, 0.5) is 0 Å². The Morgan fingerprint density at radius 3 is 2.53 bits per heavy atom. The van der Waals surface area contributed by atoms with E-state index in [-0.39, 0.29) is 5.92 Å². The second-order valence-corrected chi connectivity index (χ2v) is 4.71. The molecule has 0 aliphatic heterocycles. The summed E-state index contributed by atoms with van der Waals surface area (Å²) in [5, 5.41) is 0.372. The number of rotatable bonds is 4. The number of hydrogen-bond acceptors (Lipinski definition) is 4. The average Bonchev–Trinajstić information content (AvgIpc) is 2.38. The van der Waals surface area contributed by atoms with Crippen LogP contribution in [-0.2, 0) is 0 Å². The predicted molar refractivity (Wildman–Crippen MR) is 74.2 cm³/mol. The Morgan fingerprint density at radius 2 is 1.84 bits per heavy atom. The molecule has 0 radical (unpaired) electrons. The molecular formula is C14H15ClN2O2. The molecule has 1 heterocycles. The first-order valence-corrected chi connectivity index (χ1v) is 6.32. The standard InChI is InChI=1S/C14H15ClN2O2/c1-9(2)14-16-12(15)8-13(17-14)19-11-6-4-5-10(7-11)18-3/h4-9H,1-3H3. The van der Waals surface area contributed by atoms with E-state index in [1.165, 1.54) is 0 Å². The van der Waals surface area contributed by atoms with Gasteiger partial charge in [0.15, 0.2) is 0 Å². The Bertz CT molecular complexity index is 573. The maximum absolute atomic E-state index is 5.96. The van der Waals surface area contributed by atoms with Crippen molar-refractivity contribution in [3.8, 4) is 17.4 Å². The number of methoxy groups -OCH3 is 1. The largest absolute Gasteiger partial charge is 0.497 e. The van der Waals surface area contributed by atoms with Crippen LogP contribution in [-0.4, -0.2) is 17.1 Å². The molecule has 19 heavy (non-hydrogen) atoms. The Morgan fingerprint density at radius 1 is 1.11 bits per heavy atom. The fourth-order valence-corrected chi connectivity index (χ4v) is 1.69. The highest BCUT2D eigenvalue weighted by atomic mass is 35.5. The molecule has 0 fully saturated rings. The molecule has 1 aromatic heterocycles.